The second-order valence-electron chi connectivity index (χ2n) is 4.28. The van der Waals surface area contributed by atoms with Gasteiger partial charge in [-0.05, 0) is 37.7 Å². The highest BCUT2D eigenvalue weighted by Gasteiger charge is 2.14. The van der Waals surface area contributed by atoms with Crippen LogP contribution in [0.15, 0.2) is 18.2 Å². The minimum absolute atomic E-state index is 0. The zero-order valence-corrected chi connectivity index (χ0v) is 10.1. The van der Waals surface area contributed by atoms with E-state index in [1.54, 1.807) is 0 Å². The van der Waals surface area contributed by atoms with Crippen molar-refractivity contribution < 1.29 is 0 Å². The lowest BCUT2D eigenvalue weighted by Gasteiger charge is -2.34. The molecule has 1 fully saturated rings. The molecule has 1 aromatic rings. The molecule has 16 heavy (non-hydrogen) atoms. The standard InChI is InChI=1S/C12H17ClN2.CH4/c1-10-7-11(13)9-12(8-10)15-5-3-14(2)4-6-15;/h7-9H,3-6H2,1-2H3;1H4. The van der Waals surface area contributed by atoms with Crippen LogP contribution in [0.1, 0.15) is 13.0 Å². The van der Waals surface area contributed by atoms with Crippen molar-refractivity contribution in [2.45, 2.75) is 14.4 Å². The number of hydrogen-bond donors (Lipinski definition) is 0. The Balaban J connectivity index is 0.00000128. The van der Waals surface area contributed by atoms with E-state index in [4.69, 9.17) is 11.6 Å². The Morgan fingerprint density at radius 3 is 2.25 bits per heavy atom. The summed E-state index contributed by atoms with van der Waals surface area (Å²) in [6.45, 7) is 6.54. The summed E-state index contributed by atoms with van der Waals surface area (Å²) in [5.74, 6) is 0. The molecular formula is C13H21ClN2. The lowest BCUT2D eigenvalue weighted by Crippen LogP contribution is -2.44. The molecule has 0 amide bonds. The smallest absolute Gasteiger partial charge is 0.0429 e. The second-order valence-corrected chi connectivity index (χ2v) is 4.71. The molecule has 0 unspecified atom stereocenters. The number of benzene rings is 1. The van der Waals surface area contributed by atoms with E-state index in [0.29, 0.717) is 0 Å². The van der Waals surface area contributed by atoms with Gasteiger partial charge in [0.15, 0.2) is 0 Å². The molecule has 1 aliphatic rings. The quantitative estimate of drug-likeness (QED) is 0.745. The zero-order valence-electron chi connectivity index (χ0n) is 9.33. The van der Waals surface area contributed by atoms with Crippen LogP contribution in [0.25, 0.3) is 0 Å². The summed E-state index contributed by atoms with van der Waals surface area (Å²) in [6.07, 6.45) is 0. The summed E-state index contributed by atoms with van der Waals surface area (Å²) in [6, 6.07) is 6.26. The molecule has 1 heterocycles. The van der Waals surface area contributed by atoms with Gasteiger partial charge in [-0.3, -0.25) is 0 Å². The number of aryl methyl sites for hydroxylation is 1. The van der Waals surface area contributed by atoms with Crippen LogP contribution < -0.4 is 4.90 Å². The van der Waals surface area contributed by atoms with E-state index in [1.165, 1.54) is 11.3 Å². The normalized spacial score (nSPS) is 17.1. The first-order chi connectivity index (χ1) is 7.15. The van der Waals surface area contributed by atoms with Crippen molar-refractivity contribution >= 4 is 17.3 Å². The third-order valence-electron chi connectivity index (χ3n) is 2.90. The van der Waals surface area contributed by atoms with Crippen molar-refractivity contribution in [2.75, 3.05) is 38.1 Å². The van der Waals surface area contributed by atoms with E-state index < -0.39 is 0 Å². The Labute approximate surface area is 104 Å². The van der Waals surface area contributed by atoms with Gasteiger partial charge in [0, 0.05) is 36.9 Å². The molecule has 2 nitrogen and oxygen atoms in total. The molecule has 3 heteroatoms. The fraction of sp³-hybridized carbons (Fsp3) is 0.538. The topological polar surface area (TPSA) is 6.48 Å². The highest BCUT2D eigenvalue weighted by molar-refractivity contribution is 6.30. The highest BCUT2D eigenvalue weighted by atomic mass is 35.5. The van der Waals surface area contributed by atoms with E-state index in [9.17, 15) is 0 Å². The van der Waals surface area contributed by atoms with Crippen molar-refractivity contribution in [3.05, 3.63) is 28.8 Å². The molecule has 1 saturated heterocycles. The molecular weight excluding hydrogens is 220 g/mol. The molecule has 90 valence electrons. The van der Waals surface area contributed by atoms with Gasteiger partial charge in [-0.15, -0.1) is 0 Å². The van der Waals surface area contributed by atoms with E-state index in [1.807, 2.05) is 6.07 Å². The number of rotatable bonds is 1. The minimum atomic E-state index is 0. The van der Waals surface area contributed by atoms with Gasteiger partial charge < -0.3 is 9.80 Å². The Bertz CT molecular complexity index is 324. The molecule has 1 aromatic carbocycles. The van der Waals surface area contributed by atoms with Crippen molar-refractivity contribution in [1.29, 1.82) is 0 Å². The predicted molar refractivity (Wildman–Crippen MR) is 72.6 cm³/mol. The molecule has 0 radical (unpaired) electrons. The summed E-state index contributed by atoms with van der Waals surface area (Å²) < 4.78 is 0. The Kier molecular flexibility index (Phi) is 4.63. The first-order valence-corrected chi connectivity index (χ1v) is 5.73. The third-order valence-corrected chi connectivity index (χ3v) is 3.11. The predicted octanol–water partition coefficient (Wildman–Crippen LogP) is 3.04. The largest absolute Gasteiger partial charge is 0.369 e. The number of piperazine rings is 1. The Hall–Kier alpha value is -0.730. The minimum Gasteiger partial charge on any atom is -0.369 e. The van der Waals surface area contributed by atoms with Crippen molar-refractivity contribution in [3.8, 4) is 0 Å². The molecule has 0 aromatic heterocycles. The molecule has 0 saturated carbocycles. The van der Waals surface area contributed by atoms with Crippen molar-refractivity contribution in [1.82, 2.24) is 4.90 Å². The second kappa shape index (κ2) is 5.55. The lowest BCUT2D eigenvalue weighted by atomic mass is 10.2. The van der Waals surface area contributed by atoms with Gasteiger partial charge in [-0.1, -0.05) is 19.0 Å². The molecule has 2 rings (SSSR count). The number of nitrogens with zero attached hydrogens (tertiary/aromatic N) is 2. The third kappa shape index (κ3) is 3.13. The van der Waals surface area contributed by atoms with Crippen LogP contribution in [0, 0.1) is 6.92 Å². The molecule has 0 atom stereocenters. The van der Waals surface area contributed by atoms with Gasteiger partial charge in [0.2, 0.25) is 0 Å². The Morgan fingerprint density at radius 2 is 1.69 bits per heavy atom. The fourth-order valence-corrected chi connectivity index (χ4v) is 2.25. The van der Waals surface area contributed by atoms with Crippen LogP contribution in [-0.4, -0.2) is 38.1 Å². The van der Waals surface area contributed by atoms with Gasteiger partial charge in [0.1, 0.15) is 0 Å². The maximum absolute atomic E-state index is 6.06. The number of anilines is 1. The first kappa shape index (κ1) is 13.3. The lowest BCUT2D eigenvalue weighted by molar-refractivity contribution is 0.313. The SMILES string of the molecule is C.Cc1cc(Cl)cc(N2CCN(C)CC2)c1. The van der Waals surface area contributed by atoms with E-state index in [0.717, 1.165) is 31.2 Å². The van der Waals surface area contributed by atoms with Crippen molar-refractivity contribution in [3.63, 3.8) is 0 Å². The molecule has 0 spiro atoms. The fourth-order valence-electron chi connectivity index (χ4n) is 1.96. The monoisotopic (exact) mass is 240 g/mol. The number of likely N-dealkylation sites (N-methyl/N-ethyl adjacent to an activating group) is 1. The summed E-state index contributed by atoms with van der Waals surface area (Å²) in [7, 11) is 2.17. The highest BCUT2D eigenvalue weighted by Crippen LogP contribution is 2.22. The first-order valence-electron chi connectivity index (χ1n) is 5.36. The van der Waals surface area contributed by atoms with Crippen LogP contribution in [0.3, 0.4) is 0 Å². The molecule has 1 aliphatic heterocycles. The van der Waals surface area contributed by atoms with Crippen LogP contribution in [0.2, 0.25) is 5.02 Å². The summed E-state index contributed by atoms with van der Waals surface area (Å²) in [5, 5.41) is 0.837. The van der Waals surface area contributed by atoms with Crippen LogP contribution >= 0.6 is 11.6 Å². The van der Waals surface area contributed by atoms with Gasteiger partial charge in [-0.25, -0.2) is 0 Å². The molecule has 0 bridgehead atoms. The summed E-state index contributed by atoms with van der Waals surface area (Å²) >= 11 is 6.06. The van der Waals surface area contributed by atoms with Crippen molar-refractivity contribution in [2.24, 2.45) is 0 Å². The van der Waals surface area contributed by atoms with E-state index >= 15 is 0 Å². The van der Waals surface area contributed by atoms with Gasteiger partial charge >= 0.3 is 0 Å². The Morgan fingerprint density at radius 1 is 1.06 bits per heavy atom. The number of hydrogen-bond acceptors (Lipinski definition) is 2. The maximum Gasteiger partial charge on any atom is 0.0429 e. The number of halogens is 1. The van der Waals surface area contributed by atoms with E-state index in [2.05, 4.69) is 35.9 Å². The van der Waals surface area contributed by atoms with Gasteiger partial charge in [-0.2, -0.15) is 0 Å². The summed E-state index contributed by atoms with van der Waals surface area (Å²) in [4.78, 5) is 4.76. The average molecular weight is 241 g/mol. The van der Waals surface area contributed by atoms with Crippen LogP contribution in [-0.2, 0) is 0 Å². The average Bonchev–Trinajstić information content (AvgIpc) is 2.17. The van der Waals surface area contributed by atoms with Gasteiger partial charge in [0.05, 0.1) is 0 Å². The zero-order chi connectivity index (χ0) is 10.8. The van der Waals surface area contributed by atoms with Crippen LogP contribution in [0.4, 0.5) is 5.69 Å². The molecule has 0 aliphatic carbocycles. The summed E-state index contributed by atoms with van der Waals surface area (Å²) in [5.41, 5.74) is 2.49. The molecule has 0 N–H and O–H groups in total. The van der Waals surface area contributed by atoms with Gasteiger partial charge in [0.25, 0.3) is 0 Å². The maximum atomic E-state index is 6.06. The van der Waals surface area contributed by atoms with Crippen LogP contribution in [0.5, 0.6) is 0 Å². The van der Waals surface area contributed by atoms with E-state index in [-0.39, 0.29) is 7.43 Å².